The summed E-state index contributed by atoms with van der Waals surface area (Å²) < 4.78 is 28.1. The van der Waals surface area contributed by atoms with Crippen molar-refractivity contribution in [1.29, 1.82) is 5.26 Å². The van der Waals surface area contributed by atoms with Gasteiger partial charge in [-0.1, -0.05) is 0 Å². The number of nitrogens with zero attached hydrogens (tertiary/aromatic N) is 2. The molecule has 0 radical (unpaired) electrons. The molecule has 0 aliphatic heterocycles. The summed E-state index contributed by atoms with van der Waals surface area (Å²) >= 11 is 0. The minimum atomic E-state index is -3.25. The standard InChI is InChI=1S/C13H11N3O3S/c1-20(17,18)11-4-2-10(3-5-11)19-13-12(15)9(8-14)6-7-16-13/h2-7H,15H2,1H3. The van der Waals surface area contributed by atoms with Gasteiger partial charge in [-0.05, 0) is 30.3 Å². The van der Waals surface area contributed by atoms with Crippen LogP contribution in [0.4, 0.5) is 5.69 Å². The second kappa shape index (κ2) is 5.19. The van der Waals surface area contributed by atoms with Crippen LogP contribution in [0.5, 0.6) is 11.6 Å². The first kappa shape index (κ1) is 13.8. The van der Waals surface area contributed by atoms with Gasteiger partial charge < -0.3 is 10.5 Å². The van der Waals surface area contributed by atoms with Crippen LogP contribution in [0.1, 0.15) is 5.56 Å². The third-order valence-electron chi connectivity index (χ3n) is 2.54. The summed E-state index contributed by atoms with van der Waals surface area (Å²) in [5, 5.41) is 8.85. The van der Waals surface area contributed by atoms with E-state index in [9.17, 15) is 8.42 Å². The molecule has 102 valence electrons. The summed E-state index contributed by atoms with van der Waals surface area (Å²) in [6.45, 7) is 0. The predicted molar refractivity (Wildman–Crippen MR) is 73.0 cm³/mol. The maximum atomic E-state index is 11.3. The first-order valence-corrected chi connectivity index (χ1v) is 7.43. The monoisotopic (exact) mass is 289 g/mol. The fraction of sp³-hybridized carbons (Fsp3) is 0.0769. The van der Waals surface area contributed by atoms with Crippen LogP contribution in [0.25, 0.3) is 0 Å². The lowest BCUT2D eigenvalue weighted by Crippen LogP contribution is -1.99. The van der Waals surface area contributed by atoms with Crippen molar-refractivity contribution in [3.63, 3.8) is 0 Å². The van der Waals surface area contributed by atoms with Crippen LogP contribution in [-0.2, 0) is 9.84 Å². The van der Waals surface area contributed by atoms with Crippen LogP contribution in [0, 0.1) is 11.3 Å². The van der Waals surface area contributed by atoms with Crippen LogP contribution < -0.4 is 10.5 Å². The van der Waals surface area contributed by atoms with Gasteiger partial charge in [0.2, 0.25) is 5.88 Å². The molecule has 2 N–H and O–H groups in total. The maximum Gasteiger partial charge on any atom is 0.244 e. The first-order valence-electron chi connectivity index (χ1n) is 5.54. The molecule has 6 nitrogen and oxygen atoms in total. The maximum absolute atomic E-state index is 11.3. The van der Waals surface area contributed by atoms with Gasteiger partial charge in [0.05, 0.1) is 10.5 Å². The quantitative estimate of drug-likeness (QED) is 0.922. The third kappa shape index (κ3) is 2.87. The highest BCUT2D eigenvalue weighted by atomic mass is 32.2. The molecule has 0 bridgehead atoms. The molecular formula is C13H11N3O3S. The Morgan fingerprint density at radius 1 is 1.25 bits per heavy atom. The molecule has 0 amide bonds. The number of ether oxygens (including phenoxy) is 1. The van der Waals surface area contributed by atoms with Crippen molar-refractivity contribution in [1.82, 2.24) is 4.98 Å². The summed E-state index contributed by atoms with van der Waals surface area (Å²) in [4.78, 5) is 4.13. The number of rotatable bonds is 3. The Hall–Kier alpha value is -2.59. The number of anilines is 1. The topological polar surface area (TPSA) is 106 Å². The Labute approximate surface area is 116 Å². The Morgan fingerprint density at radius 3 is 2.45 bits per heavy atom. The van der Waals surface area contributed by atoms with E-state index in [1.807, 2.05) is 6.07 Å². The molecule has 2 aromatic rings. The van der Waals surface area contributed by atoms with Crippen molar-refractivity contribution in [2.75, 3.05) is 12.0 Å². The highest BCUT2D eigenvalue weighted by Crippen LogP contribution is 2.27. The van der Waals surface area contributed by atoms with Crippen LogP contribution in [-0.4, -0.2) is 19.7 Å². The van der Waals surface area contributed by atoms with Crippen molar-refractivity contribution >= 4 is 15.5 Å². The van der Waals surface area contributed by atoms with Gasteiger partial charge in [0, 0.05) is 12.5 Å². The lowest BCUT2D eigenvalue weighted by molar-refractivity contribution is 0.465. The summed E-state index contributed by atoms with van der Waals surface area (Å²) in [5.74, 6) is 0.489. The fourth-order valence-corrected chi connectivity index (χ4v) is 2.13. The van der Waals surface area contributed by atoms with E-state index in [0.29, 0.717) is 5.75 Å². The summed E-state index contributed by atoms with van der Waals surface area (Å²) in [6, 6.07) is 9.25. The zero-order valence-corrected chi connectivity index (χ0v) is 11.4. The second-order valence-corrected chi connectivity index (χ2v) is 6.05. The number of nitriles is 1. The van der Waals surface area contributed by atoms with E-state index in [1.54, 1.807) is 0 Å². The molecule has 7 heteroatoms. The van der Waals surface area contributed by atoms with Gasteiger partial charge in [0.1, 0.15) is 17.5 Å². The highest BCUT2D eigenvalue weighted by molar-refractivity contribution is 7.90. The smallest absolute Gasteiger partial charge is 0.244 e. The molecule has 0 spiro atoms. The van der Waals surface area contributed by atoms with Crippen LogP contribution >= 0.6 is 0 Å². The minimum absolute atomic E-state index is 0.108. The summed E-state index contributed by atoms with van der Waals surface area (Å²) in [7, 11) is -3.25. The van der Waals surface area contributed by atoms with Crippen LogP contribution in [0.2, 0.25) is 0 Å². The number of aromatic nitrogens is 1. The van der Waals surface area contributed by atoms with Crippen LogP contribution in [0.3, 0.4) is 0 Å². The van der Waals surface area contributed by atoms with E-state index >= 15 is 0 Å². The largest absolute Gasteiger partial charge is 0.437 e. The normalized spacial score (nSPS) is 10.8. The van der Waals surface area contributed by atoms with Gasteiger partial charge in [-0.25, -0.2) is 13.4 Å². The average molecular weight is 289 g/mol. The van der Waals surface area contributed by atoms with E-state index in [-0.39, 0.29) is 22.0 Å². The summed E-state index contributed by atoms with van der Waals surface area (Å²) in [6.07, 6.45) is 2.54. The van der Waals surface area contributed by atoms with E-state index < -0.39 is 9.84 Å². The van der Waals surface area contributed by atoms with Gasteiger partial charge in [-0.3, -0.25) is 0 Å². The molecule has 2 rings (SSSR count). The van der Waals surface area contributed by atoms with Gasteiger partial charge in [-0.2, -0.15) is 5.26 Å². The first-order chi connectivity index (χ1) is 9.41. The van der Waals surface area contributed by atoms with Crippen LogP contribution in [0.15, 0.2) is 41.4 Å². The zero-order valence-electron chi connectivity index (χ0n) is 10.6. The highest BCUT2D eigenvalue weighted by Gasteiger charge is 2.10. The number of nitrogens with two attached hydrogens (primary N) is 1. The number of hydrogen-bond acceptors (Lipinski definition) is 6. The molecule has 0 aliphatic rings. The van der Waals surface area contributed by atoms with E-state index in [1.165, 1.54) is 36.5 Å². The Kier molecular flexibility index (Phi) is 3.59. The van der Waals surface area contributed by atoms with Crippen molar-refractivity contribution in [3.05, 3.63) is 42.1 Å². The Bertz CT molecular complexity index is 777. The van der Waals surface area contributed by atoms with E-state index in [0.717, 1.165) is 6.26 Å². The molecule has 0 atom stereocenters. The number of benzene rings is 1. The van der Waals surface area contributed by atoms with E-state index in [2.05, 4.69) is 4.98 Å². The molecule has 20 heavy (non-hydrogen) atoms. The molecule has 1 aromatic heterocycles. The second-order valence-electron chi connectivity index (χ2n) is 4.03. The Balaban J connectivity index is 2.30. The van der Waals surface area contributed by atoms with Crippen molar-refractivity contribution in [2.24, 2.45) is 0 Å². The molecule has 0 unspecified atom stereocenters. The number of pyridine rings is 1. The zero-order chi connectivity index (χ0) is 14.8. The lowest BCUT2D eigenvalue weighted by Gasteiger charge is -2.08. The van der Waals surface area contributed by atoms with Crippen molar-refractivity contribution in [3.8, 4) is 17.7 Å². The molecular weight excluding hydrogens is 278 g/mol. The molecule has 0 fully saturated rings. The number of sulfone groups is 1. The third-order valence-corrected chi connectivity index (χ3v) is 3.67. The molecule has 0 saturated heterocycles. The summed E-state index contributed by atoms with van der Waals surface area (Å²) in [5.41, 5.74) is 6.14. The van der Waals surface area contributed by atoms with Gasteiger partial charge in [0.15, 0.2) is 9.84 Å². The number of hydrogen-bond donors (Lipinski definition) is 1. The van der Waals surface area contributed by atoms with Gasteiger partial charge in [0.25, 0.3) is 0 Å². The predicted octanol–water partition coefficient (Wildman–Crippen LogP) is 1.73. The van der Waals surface area contributed by atoms with Crippen molar-refractivity contribution in [2.45, 2.75) is 4.90 Å². The molecule has 0 aliphatic carbocycles. The minimum Gasteiger partial charge on any atom is -0.437 e. The molecule has 1 heterocycles. The SMILES string of the molecule is CS(=O)(=O)c1ccc(Oc2nccc(C#N)c2N)cc1. The van der Waals surface area contributed by atoms with E-state index in [4.69, 9.17) is 15.7 Å². The van der Waals surface area contributed by atoms with Gasteiger partial charge in [-0.15, -0.1) is 0 Å². The molecule has 0 saturated carbocycles. The Morgan fingerprint density at radius 2 is 1.90 bits per heavy atom. The lowest BCUT2D eigenvalue weighted by atomic mass is 10.2. The van der Waals surface area contributed by atoms with Crippen molar-refractivity contribution < 1.29 is 13.2 Å². The molecule has 1 aromatic carbocycles. The fourth-order valence-electron chi connectivity index (χ4n) is 1.50. The average Bonchev–Trinajstić information content (AvgIpc) is 2.41. The van der Waals surface area contributed by atoms with Gasteiger partial charge >= 0.3 is 0 Å². The number of nitrogen functional groups attached to an aromatic ring is 1.